The fourth-order valence-corrected chi connectivity index (χ4v) is 6.21. The SMILES string of the molecule is C[C@@H]1c2ccccc2CCN1C(=O)c1cc(C2CC2)n2nc(-c3ccc(C=C4CCC(N)C4)cc3F)cc2n1. The minimum Gasteiger partial charge on any atom is -0.330 e. The highest BCUT2D eigenvalue weighted by molar-refractivity contribution is 5.93. The number of fused-ring (bicyclic) bond motifs is 2. The standard InChI is InChI=1S/C32H32FN5O/c1-19-25-5-3-2-4-22(25)12-13-37(19)32(39)29-17-30(23-8-9-23)38-31(35-29)18-28(36-38)26-11-7-21(16-27(26)33)14-20-6-10-24(34)15-20/h2-5,7,11,14,16-19,23-24H,6,8-10,12-13,15,34H2,1H3/t19-,24?/m1/s1. The van der Waals surface area contributed by atoms with Crippen molar-refractivity contribution < 1.29 is 9.18 Å². The van der Waals surface area contributed by atoms with Crippen LogP contribution >= 0.6 is 0 Å². The van der Waals surface area contributed by atoms with Crippen molar-refractivity contribution in [3.8, 4) is 11.3 Å². The molecule has 6 nitrogen and oxygen atoms in total. The molecule has 2 N–H and O–H groups in total. The molecule has 7 rings (SSSR count). The van der Waals surface area contributed by atoms with Crippen LogP contribution in [0.2, 0.25) is 0 Å². The van der Waals surface area contributed by atoms with Crippen LogP contribution in [0.5, 0.6) is 0 Å². The number of rotatable bonds is 4. The van der Waals surface area contributed by atoms with Gasteiger partial charge < -0.3 is 10.6 Å². The summed E-state index contributed by atoms with van der Waals surface area (Å²) in [4.78, 5) is 20.4. The highest BCUT2D eigenvalue weighted by Gasteiger charge is 2.32. The van der Waals surface area contributed by atoms with E-state index in [0.29, 0.717) is 35.1 Å². The average molecular weight is 522 g/mol. The lowest BCUT2D eigenvalue weighted by atomic mass is 9.93. The zero-order valence-electron chi connectivity index (χ0n) is 22.1. The number of amides is 1. The smallest absolute Gasteiger partial charge is 0.273 e. The first-order valence-electron chi connectivity index (χ1n) is 14.0. The first-order valence-corrected chi connectivity index (χ1v) is 14.0. The second-order valence-electron chi connectivity index (χ2n) is 11.3. The Hall–Kier alpha value is -3.84. The van der Waals surface area contributed by atoms with Gasteiger partial charge in [0.25, 0.3) is 5.91 Å². The van der Waals surface area contributed by atoms with Crippen LogP contribution in [0, 0.1) is 5.82 Å². The average Bonchev–Trinajstić information content (AvgIpc) is 3.57. The third-order valence-electron chi connectivity index (χ3n) is 8.53. The molecule has 3 heterocycles. The molecule has 2 saturated carbocycles. The number of carbonyl (C=O) groups excluding carboxylic acids is 1. The number of nitrogens with zero attached hydrogens (tertiary/aromatic N) is 4. The summed E-state index contributed by atoms with van der Waals surface area (Å²) >= 11 is 0. The number of hydrogen-bond donors (Lipinski definition) is 1. The zero-order chi connectivity index (χ0) is 26.7. The molecule has 1 amide bonds. The van der Waals surface area contributed by atoms with Gasteiger partial charge in [-0.2, -0.15) is 5.10 Å². The van der Waals surface area contributed by atoms with Crippen molar-refractivity contribution in [2.75, 3.05) is 6.54 Å². The van der Waals surface area contributed by atoms with E-state index in [1.165, 1.54) is 16.7 Å². The summed E-state index contributed by atoms with van der Waals surface area (Å²) in [6.45, 7) is 2.74. The van der Waals surface area contributed by atoms with Crippen LogP contribution in [0.3, 0.4) is 0 Å². The molecular formula is C32H32FN5O. The van der Waals surface area contributed by atoms with Crippen molar-refractivity contribution in [2.24, 2.45) is 5.73 Å². The highest BCUT2D eigenvalue weighted by Crippen LogP contribution is 2.41. The number of nitrogens with two attached hydrogens (primary N) is 1. The maximum Gasteiger partial charge on any atom is 0.273 e. The molecule has 1 aliphatic heterocycles. The van der Waals surface area contributed by atoms with Gasteiger partial charge in [-0.1, -0.05) is 42.0 Å². The molecule has 2 aliphatic carbocycles. The van der Waals surface area contributed by atoms with Crippen molar-refractivity contribution >= 4 is 17.6 Å². The summed E-state index contributed by atoms with van der Waals surface area (Å²) in [6, 6.07) is 17.5. The summed E-state index contributed by atoms with van der Waals surface area (Å²) in [5.41, 5.74) is 13.6. The largest absolute Gasteiger partial charge is 0.330 e. The number of carbonyl (C=O) groups is 1. The minimum atomic E-state index is -0.319. The molecule has 2 fully saturated rings. The molecular weight excluding hydrogens is 489 g/mol. The Morgan fingerprint density at radius 2 is 1.92 bits per heavy atom. The van der Waals surface area contributed by atoms with Gasteiger partial charge in [0.2, 0.25) is 0 Å². The number of aromatic nitrogens is 3. The summed E-state index contributed by atoms with van der Waals surface area (Å²) in [5, 5.41) is 4.76. The molecule has 3 aliphatic rings. The van der Waals surface area contributed by atoms with Gasteiger partial charge in [0.1, 0.15) is 11.5 Å². The van der Waals surface area contributed by atoms with Gasteiger partial charge >= 0.3 is 0 Å². The van der Waals surface area contributed by atoms with Gasteiger partial charge in [-0.3, -0.25) is 4.79 Å². The minimum absolute atomic E-state index is 0.0205. The summed E-state index contributed by atoms with van der Waals surface area (Å²) in [5.74, 6) is -0.0505. The molecule has 0 radical (unpaired) electrons. The Balaban J connectivity index is 1.22. The van der Waals surface area contributed by atoms with Crippen LogP contribution in [-0.2, 0) is 6.42 Å². The van der Waals surface area contributed by atoms with E-state index >= 15 is 4.39 Å². The molecule has 0 spiro atoms. The van der Waals surface area contributed by atoms with Crippen LogP contribution in [0.1, 0.15) is 83.9 Å². The van der Waals surface area contributed by atoms with E-state index < -0.39 is 0 Å². The van der Waals surface area contributed by atoms with Gasteiger partial charge in [0.15, 0.2) is 5.65 Å². The van der Waals surface area contributed by atoms with Crippen LogP contribution in [0.25, 0.3) is 23.0 Å². The number of halogens is 1. The van der Waals surface area contributed by atoms with E-state index in [9.17, 15) is 4.79 Å². The van der Waals surface area contributed by atoms with Crippen LogP contribution in [0.15, 0.2) is 60.2 Å². The predicted octanol–water partition coefficient (Wildman–Crippen LogP) is 6.07. The third-order valence-corrected chi connectivity index (χ3v) is 8.53. The van der Waals surface area contributed by atoms with Crippen molar-refractivity contribution in [1.29, 1.82) is 0 Å². The normalized spacial score (nSPS) is 22.0. The quantitative estimate of drug-likeness (QED) is 0.354. The van der Waals surface area contributed by atoms with Crippen LogP contribution in [0.4, 0.5) is 4.39 Å². The Labute approximate surface area is 227 Å². The molecule has 2 atom stereocenters. The van der Waals surface area contributed by atoms with Gasteiger partial charge in [-0.25, -0.2) is 13.9 Å². The second kappa shape index (κ2) is 9.42. The summed E-state index contributed by atoms with van der Waals surface area (Å²) < 4.78 is 17.1. The molecule has 0 saturated heterocycles. The third kappa shape index (κ3) is 4.44. The van der Waals surface area contributed by atoms with E-state index in [2.05, 4.69) is 25.1 Å². The van der Waals surface area contributed by atoms with E-state index in [4.69, 9.17) is 15.8 Å². The Morgan fingerprint density at radius 3 is 2.69 bits per heavy atom. The summed E-state index contributed by atoms with van der Waals surface area (Å²) in [7, 11) is 0. The van der Waals surface area contributed by atoms with E-state index in [1.807, 2.05) is 29.2 Å². The first kappa shape index (κ1) is 24.2. The summed E-state index contributed by atoms with van der Waals surface area (Å²) in [6.07, 6.45) is 7.81. The Morgan fingerprint density at radius 1 is 1.08 bits per heavy atom. The fourth-order valence-electron chi connectivity index (χ4n) is 6.21. The van der Waals surface area contributed by atoms with Crippen LogP contribution < -0.4 is 5.73 Å². The highest BCUT2D eigenvalue weighted by atomic mass is 19.1. The second-order valence-corrected chi connectivity index (χ2v) is 11.3. The van der Waals surface area contributed by atoms with E-state index in [-0.39, 0.29) is 23.8 Å². The van der Waals surface area contributed by atoms with E-state index in [0.717, 1.165) is 49.8 Å². The van der Waals surface area contributed by atoms with Crippen molar-refractivity contribution in [3.63, 3.8) is 0 Å². The topological polar surface area (TPSA) is 76.5 Å². The molecule has 2 aromatic carbocycles. The van der Waals surface area contributed by atoms with Crippen molar-refractivity contribution in [3.05, 3.63) is 94.1 Å². The van der Waals surface area contributed by atoms with Crippen molar-refractivity contribution in [1.82, 2.24) is 19.5 Å². The maximum absolute atomic E-state index is 15.3. The predicted molar refractivity (Wildman–Crippen MR) is 150 cm³/mol. The van der Waals surface area contributed by atoms with Gasteiger partial charge in [0, 0.05) is 35.8 Å². The fraction of sp³-hybridized carbons (Fsp3) is 0.344. The van der Waals surface area contributed by atoms with E-state index in [1.54, 1.807) is 22.7 Å². The maximum atomic E-state index is 15.3. The molecule has 198 valence electrons. The molecule has 7 heteroatoms. The lowest BCUT2D eigenvalue weighted by Gasteiger charge is -2.35. The lowest BCUT2D eigenvalue weighted by molar-refractivity contribution is 0.0671. The molecule has 2 aromatic heterocycles. The van der Waals surface area contributed by atoms with Crippen LogP contribution in [-0.4, -0.2) is 38.0 Å². The molecule has 39 heavy (non-hydrogen) atoms. The zero-order valence-corrected chi connectivity index (χ0v) is 22.1. The Kier molecular flexibility index (Phi) is 5.85. The molecule has 4 aromatic rings. The first-order chi connectivity index (χ1) is 18.9. The lowest BCUT2D eigenvalue weighted by Crippen LogP contribution is -2.39. The van der Waals surface area contributed by atoms with Crippen molar-refractivity contribution in [2.45, 2.75) is 63.5 Å². The van der Waals surface area contributed by atoms with Gasteiger partial charge in [-0.05, 0) is 80.3 Å². The molecule has 1 unspecified atom stereocenters. The number of hydrogen-bond acceptors (Lipinski definition) is 4. The van der Waals surface area contributed by atoms with Gasteiger partial charge in [-0.15, -0.1) is 0 Å². The van der Waals surface area contributed by atoms with Gasteiger partial charge in [0.05, 0.1) is 11.7 Å². The monoisotopic (exact) mass is 521 g/mol. The molecule has 0 bridgehead atoms. The Bertz CT molecular complexity index is 1640. The number of benzene rings is 2.